The van der Waals surface area contributed by atoms with Crippen LogP contribution in [0.5, 0.6) is 11.8 Å². The summed E-state index contributed by atoms with van der Waals surface area (Å²) >= 11 is 0. The number of halogens is 1. The maximum absolute atomic E-state index is 12.9. The van der Waals surface area contributed by atoms with Crippen molar-refractivity contribution in [2.24, 2.45) is 0 Å². The molecular weight excluding hydrogens is 325 g/mol. The van der Waals surface area contributed by atoms with E-state index in [0.717, 1.165) is 30.7 Å². The molecule has 4 rings (SSSR count). The largest absolute Gasteiger partial charge is 0.492 e. The van der Waals surface area contributed by atoms with Gasteiger partial charge in [0.1, 0.15) is 10.7 Å². The Balaban J connectivity index is 1.75. The van der Waals surface area contributed by atoms with Crippen molar-refractivity contribution in [3.8, 4) is 11.8 Å². The second-order valence-electron chi connectivity index (χ2n) is 5.59. The predicted octanol–water partition coefficient (Wildman–Crippen LogP) is 2.00. The molecule has 0 saturated carbocycles. The SMILES string of the molecule is O=S(=O)(On1c(O)c2c(c1O)C1C=CC2C1)c1ccc(F)cc1. The summed E-state index contributed by atoms with van der Waals surface area (Å²) in [4.78, 5) is -0.285. The fourth-order valence-electron chi connectivity index (χ4n) is 3.23. The van der Waals surface area contributed by atoms with E-state index in [9.17, 15) is 23.0 Å². The van der Waals surface area contributed by atoms with Gasteiger partial charge in [0.15, 0.2) is 0 Å². The molecule has 1 aromatic carbocycles. The molecule has 0 spiro atoms. The van der Waals surface area contributed by atoms with Crippen LogP contribution in [0, 0.1) is 5.82 Å². The van der Waals surface area contributed by atoms with Gasteiger partial charge in [-0.3, -0.25) is 4.28 Å². The number of hydrogen-bond donors (Lipinski definition) is 2. The highest BCUT2D eigenvalue weighted by atomic mass is 32.2. The van der Waals surface area contributed by atoms with Crippen molar-refractivity contribution in [3.05, 3.63) is 53.4 Å². The summed E-state index contributed by atoms with van der Waals surface area (Å²) in [6.07, 6.45) is 4.56. The smallest absolute Gasteiger partial charge is 0.357 e. The maximum Gasteiger partial charge on any atom is 0.357 e. The summed E-state index contributed by atoms with van der Waals surface area (Å²) in [7, 11) is -4.32. The van der Waals surface area contributed by atoms with Gasteiger partial charge in [0.2, 0.25) is 11.8 Å². The minimum atomic E-state index is -4.32. The van der Waals surface area contributed by atoms with Gasteiger partial charge < -0.3 is 10.2 Å². The normalized spacial score (nSPS) is 21.6. The van der Waals surface area contributed by atoms with Crippen LogP contribution >= 0.6 is 0 Å². The highest BCUT2D eigenvalue weighted by Crippen LogP contribution is 2.56. The third-order valence-corrected chi connectivity index (χ3v) is 5.45. The van der Waals surface area contributed by atoms with Crippen molar-refractivity contribution in [2.75, 3.05) is 0 Å². The van der Waals surface area contributed by atoms with Crippen LogP contribution in [0.3, 0.4) is 0 Å². The Bertz CT molecular complexity index is 894. The van der Waals surface area contributed by atoms with E-state index >= 15 is 0 Å². The van der Waals surface area contributed by atoms with Crippen molar-refractivity contribution in [1.29, 1.82) is 0 Å². The Hall–Kier alpha value is -2.48. The van der Waals surface area contributed by atoms with Crippen LogP contribution in [0.4, 0.5) is 4.39 Å². The van der Waals surface area contributed by atoms with E-state index in [2.05, 4.69) is 0 Å². The lowest BCUT2D eigenvalue weighted by Gasteiger charge is -2.10. The zero-order valence-corrected chi connectivity index (χ0v) is 12.5. The van der Waals surface area contributed by atoms with Gasteiger partial charge in [-0.05, 0) is 30.7 Å². The van der Waals surface area contributed by atoms with Gasteiger partial charge in [0, 0.05) is 23.0 Å². The first-order chi connectivity index (χ1) is 10.9. The molecule has 2 bridgehead atoms. The van der Waals surface area contributed by atoms with Crippen LogP contribution in [0.25, 0.3) is 0 Å². The average Bonchev–Trinajstić information content (AvgIpc) is 3.17. The summed E-state index contributed by atoms with van der Waals surface area (Å²) in [5, 5.41) is 20.5. The molecule has 1 heterocycles. The van der Waals surface area contributed by atoms with Gasteiger partial charge >= 0.3 is 10.1 Å². The molecule has 2 atom stereocenters. The zero-order chi connectivity index (χ0) is 16.4. The first kappa shape index (κ1) is 14.1. The lowest BCUT2D eigenvalue weighted by Crippen LogP contribution is -2.20. The fraction of sp³-hybridized carbons (Fsp3) is 0.200. The highest BCUT2D eigenvalue weighted by Gasteiger charge is 2.42. The number of aromatic hydroxyl groups is 2. The standard InChI is InChI=1S/C15H12FNO5S/c16-10-3-5-11(6-4-10)23(20,21)22-17-14(18)12-8-1-2-9(7-8)13(12)15(17)19/h1-6,8-9,18-19H,7H2. The molecule has 2 aliphatic rings. The van der Waals surface area contributed by atoms with Gasteiger partial charge in [-0.1, -0.05) is 16.9 Å². The fourth-order valence-corrected chi connectivity index (χ4v) is 4.12. The maximum atomic E-state index is 12.9. The van der Waals surface area contributed by atoms with Crippen molar-refractivity contribution >= 4 is 10.1 Å². The van der Waals surface area contributed by atoms with Gasteiger partial charge in [-0.25, -0.2) is 4.39 Å². The Kier molecular flexibility index (Phi) is 2.77. The monoisotopic (exact) mass is 337 g/mol. The van der Waals surface area contributed by atoms with Gasteiger partial charge in [-0.2, -0.15) is 8.42 Å². The molecular formula is C15H12FNO5S. The van der Waals surface area contributed by atoms with Crippen LogP contribution in [0.15, 0.2) is 41.3 Å². The lowest BCUT2D eigenvalue weighted by molar-refractivity contribution is 0.200. The molecule has 6 nitrogen and oxygen atoms in total. The van der Waals surface area contributed by atoms with E-state index < -0.39 is 27.7 Å². The van der Waals surface area contributed by atoms with Crippen molar-refractivity contribution in [2.45, 2.75) is 23.2 Å². The topological polar surface area (TPSA) is 88.8 Å². The van der Waals surface area contributed by atoms with E-state index in [1.54, 1.807) is 0 Å². The third kappa shape index (κ3) is 1.94. The lowest BCUT2D eigenvalue weighted by atomic mass is 10.0. The number of nitrogens with zero attached hydrogens (tertiary/aromatic N) is 1. The van der Waals surface area contributed by atoms with E-state index in [1.807, 2.05) is 12.2 Å². The molecule has 2 aliphatic carbocycles. The molecule has 0 amide bonds. The van der Waals surface area contributed by atoms with E-state index in [0.29, 0.717) is 15.9 Å². The number of allylic oxidation sites excluding steroid dienone is 2. The van der Waals surface area contributed by atoms with Crippen LogP contribution in [0.2, 0.25) is 0 Å². The Morgan fingerprint density at radius 1 is 1.04 bits per heavy atom. The first-order valence-corrected chi connectivity index (χ1v) is 8.34. The van der Waals surface area contributed by atoms with Gasteiger partial charge in [-0.15, -0.1) is 0 Å². The van der Waals surface area contributed by atoms with Crippen molar-refractivity contribution in [1.82, 2.24) is 4.73 Å². The summed E-state index contributed by atoms with van der Waals surface area (Å²) in [5.41, 5.74) is 0.980. The molecule has 2 N–H and O–H groups in total. The van der Waals surface area contributed by atoms with Gasteiger partial charge in [0.25, 0.3) is 0 Å². The summed E-state index contributed by atoms with van der Waals surface area (Å²) in [6, 6.07) is 4.05. The molecule has 0 radical (unpaired) electrons. The molecule has 1 aromatic heterocycles. The second-order valence-corrected chi connectivity index (χ2v) is 7.11. The Morgan fingerprint density at radius 3 is 2.09 bits per heavy atom. The van der Waals surface area contributed by atoms with E-state index in [-0.39, 0.29) is 16.7 Å². The molecule has 2 unspecified atom stereocenters. The van der Waals surface area contributed by atoms with Crippen LogP contribution in [-0.4, -0.2) is 23.4 Å². The molecule has 0 saturated heterocycles. The number of benzene rings is 1. The highest BCUT2D eigenvalue weighted by molar-refractivity contribution is 7.87. The summed E-state index contributed by atoms with van der Waals surface area (Å²) in [6.45, 7) is 0. The van der Waals surface area contributed by atoms with E-state index in [1.165, 1.54) is 0 Å². The number of fused-ring (bicyclic) bond motifs is 5. The molecule has 0 fully saturated rings. The van der Waals surface area contributed by atoms with Crippen LogP contribution < -0.4 is 4.28 Å². The van der Waals surface area contributed by atoms with Gasteiger partial charge in [0.05, 0.1) is 0 Å². The molecule has 120 valence electrons. The van der Waals surface area contributed by atoms with Crippen LogP contribution in [-0.2, 0) is 10.1 Å². The van der Waals surface area contributed by atoms with Crippen LogP contribution in [0.1, 0.15) is 29.4 Å². The third-order valence-electron chi connectivity index (χ3n) is 4.26. The number of aromatic nitrogens is 1. The Morgan fingerprint density at radius 2 is 1.57 bits per heavy atom. The molecule has 2 aromatic rings. The van der Waals surface area contributed by atoms with Crippen molar-refractivity contribution < 1.29 is 27.3 Å². The summed E-state index contributed by atoms with van der Waals surface area (Å²) < 4.78 is 42.7. The quantitative estimate of drug-likeness (QED) is 0.836. The minimum Gasteiger partial charge on any atom is -0.492 e. The van der Waals surface area contributed by atoms with Crippen molar-refractivity contribution in [3.63, 3.8) is 0 Å². The molecule has 0 aliphatic heterocycles. The first-order valence-electron chi connectivity index (χ1n) is 6.94. The summed E-state index contributed by atoms with van der Waals surface area (Å²) in [5.74, 6) is -1.56. The second kappa shape index (κ2) is 4.51. The predicted molar refractivity (Wildman–Crippen MR) is 77.2 cm³/mol. The zero-order valence-electron chi connectivity index (χ0n) is 11.7. The molecule has 8 heteroatoms. The molecule has 23 heavy (non-hydrogen) atoms. The number of hydrogen-bond acceptors (Lipinski definition) is 5. The number of rotatable bonds is 3. The van der Waals surface area contributed by atoms with E-state index in [4.69, 9.17) is 4.28 Å². The Labute approximate surface area is 131 Å². The minimum absolute atomic E-state index is 0.0562. The average molecular weight is 337 g/mol.